The first-order valence-corrected chi connectivity index (χ1v) is 8.61. The van der Waals surface area contributed by atoms with Crippen LogP contribution >= 0.6 is 24.0 Å². The van der Waals surface area contributed by atoms with Gasteiger partial charge in [0, 0.05) is 22.3 Å². The predicted octanol–water partition coefficient (Wildman–Crippen LogP) is 6.21. The number of aromatic nitrogens is 2. The van der Waals surface area contributed by atoms with Gasteiger partial charge >= 0.3 is 0 Å². The number of hydrogen-bond donors (Lipinski definition) is 1. The Balaban J connectivity index is 0.00000210. The Morgan fingerprint density at radius 2 is 1.30 bits per heavy atom. The standard InChI is InChI=1S/C22H15ClN2O.ClH/c23-21(26)17-11-13-18(14-12-17)22-24-19(15-7-3-1-4-8-15)20(25-22)16-9-5-2-6-10-16;/h1-14H,(H,24,25);1H. The SMILES string of the molecule is Cl.O=C(Cl)c1ccc(-c2nc(-c3ccccc3)c(-c3ccccc3)[nH]2)cc1. The minimum atomic E-state index is -0.467. The van der Waals surface area contributed by atoms with E-state index in [-0.39, 0.29) is 12.4 Å². The number of H-pyrrole nitrogens is 1. The van der Waals surface area contributed by atoms with Crippen molar-refractivity contribution in [3.05, 3.63) is 90.5 Å². The summed E-state index contributed by atoms with van der Waals surface area (Å²) in [5.74, 6) is 0.747. The molecular weight excluding hydrogens is 379 g/mol. The van der Waals surface area contributed by atoms with Gasteiger partial charge in [0.05, 0.1) is 11.4 Å². The van der Waals surface area contributed by atoms with Gasteiger partial charge in [-0.05, 0) is 23.7 Å². The second-order valence-electron chi connectivity index (χ2n) is 5.89. The van der Waals surface area contributed by atoms with E-state index in [2.05, 4.69) is 17.1 Å². The molecular formula is C22H16Cl2N2O. The highest BCUT2D eigenvalue weighted by molar-refractivity contribution is 6.67. The van der Waals surface area contributed by atoms with Crippen molar-refractivity contribution < 1.29 is 4.79 Å². The molecule has 0 amide bonds. The molecule has 3 aromatic carbocycles. The van der Waals surface area contributed by atoms with E-state index in [1.165, 1.54) is 0 Å². The Kier molecular flexibility index (Phi) is 5.75. The summed E-state index contributed by atoms with van der Waals surface area (Å²) in [5.41, 5.74) is 5.33. The molecule has 0 bridgehead atoms. The predicted molar refractivity (Wildman–Crippen MR) is 112 cm³/mol. The minimum Gasteiger partial charge on any atom is -0.337 e. The van der Waals surface area contributed by atoms with Crippen LogP contribution in [-0.4, -0.2) is 15.2 Å². The minimum absolute atomic E-state index is 0. The van der Waals surface area contributed by atoms with Crippen molar-refractivity contribution in [3.8, 4) is 33.9 Å². The third-order valence-electron chi connectivity index (χ3n) is 4.20. The van der Waals surface area contributed by atoms with Gasteiger partial charge in [-0.3, -0.25) is 4.79 Å². The molecule has 0 saturated heterocycles. The lowest BCUT2D eigenvalue weighted by Gasteiger charge is -2.02. The van der Waals surface area contributed by atoms with Gasteiger partial charge in [0.2, 0.25) is 0 Å². The summed E-state index contributed by atoms with van der Waals surface area (Å²) in [6.45, 7) is 0. The molecule has 5 heteroatoms. The Bertz CT molecular complexity index is 986. The van der Waals surface area contributed by atoms with Crippen LogP contribution in [0.5, 0.6) is 0 Å². The zero-order chi connectivity index (χ0) is 17.9. The summed E-state index contributed by atoms with van der Waals surface area (Å²) in [7, 11) is 0. The average molecular weight is 395 g/mol. The van der Waals surface area contributed by atoms with Gasteiger partial charge in [0.15, 0.2) is 0 Å². The second-order valence-corrected chi connectivity index (χ2v) is 6.24. The number of carbonyl (C=O) groups is 1. The molecule has 0 unspecified atom stereocenters. The first-order valence-electron chi connectivity index (χ1n) is 8.23. The summed E-state index contributed by atoms with van der Waals surface area (Å²) >= 11 is 5.53. The van der Waals surface area contributed by atoms with Crippen LogP contribution in [-0.2, 0) is 0 Å². The molecule has 1 N–H and O–H groups in total. The van der Waals surface area contributed by atoms with Gasteiger partial charge in [0.25, 0.3) is 5.24 Å². The topological polar surface area (TPSA) is 45.8 Å². The normalized spacial score (nSPS) is 10.3. The van der Waals surface area contributed by atoms with Crippen LogP contribution in [0.3, 0.4) is 0 Å². The lowest BCUT2D eigenvalue weighted by atomic mass is 10.1. The number of aromatic amines is 1. The molecule has 1 heterocycles. The van der Waals surface area contributed by atoms with Gasteiger partial charge in [-0.25, -0.2) is 4.98 Å². The highest BCUT2D eigenvalue weighted by Gasteiger charge is 2.15. The molecule has 0 atom stereocenters. The number of benzene rings is 3. The lowest BCUT2D eigenvalue weighted by Crippen LogP contribution is -1.88. The lowest BCUT2D eigenvalue weighted by molar-refractivity contribution is 0.108. The Morgan fingerprint density at radius 1 is 0.741 bits per heavy atom. The van der Waals surface area contributed by atoms with E-state index in [9.17, 15) is 4.79 Å². The van der Waals surface area contributed by atoms with Crippen molar-refractivity contribution in [1.29, 1.82) is 0 Å². The molecule has 0 fully saturated rings. The van der Waals surface area contributed by atoms with Gasteiger partial charge in [-0.1, -0.05) is 72.8 Å². The van der Waals surface area contributed by atoms with Gasteiger partial charge in [-0.2, -0.15) is 0 Å². The monoisotopic (exact) mass is 394 g/mol. The number of halogens is 2. The molecule has 0 spiro atoms. The van der Waals surface area contributed by atoms with E-state index < -0.39 is 5.24 Å². The van der Waals surface area contributed by atoms with E-state index >= 15 is 0 Å². The van der Waals surface area contributed by atoms with Crippen molar-refractivity contribution in [3.63, 3.8) is 0 Å². The van der Waals surface area contributed by atoms with Crippen LogP contribution in [0.1, 0.15) is 10.4 Å². The number of imidazole rings is 1. The van der Waals surface area contributed by atoms with Crippen molar-refractivity contribution >= 4 is 29.3 Å². The highest BCUT2D eigenvalue weighted by Crippen LogP contribution is 2.32. The number of nitrogens with zero attached hydrogens (tertiary/aromatic N) is 1. The zero-order valence-corrected chi connectivity index (χ0v) is 15.8. The molecule has 0 aliphatic heterocycles. The molecule has 0 saturated carbocycles. The van der Waals surface area contributed by atoms with Crippen LogP contribution in [0.15, 0.2) is 84.9 Å². The fourth-order valence-corrected chi connectivity index (χ4v) is 3.01. The van der Waals surface area contributed by atoms with E-state index in [1.54, 1.807) is 12.1 Å². The number of carbonyl (C=O) groups excluding carboxylic acids is 1. The Morgan fingerprint density at radius 3 is 1.85 bits per heavy atom. The number of rotatable bonds is 4. The molecule has 1 aromatic heterocycles. The Hall–Kier alpha value is -2.88. The molecule has 134 valence electrons. The van der Waals surface area contributed by atoms with E-state index in [0.717, 1.165) is 33.9 Å². The quantitative estimate of drug-likeness (QED) is 0.418. The van der Waals surface area contributed by atoms with Crippen molar-refractivity contribution in [1.82, 2.24) is 9.97 Å². The molecule has 0 aliphatic carbocycles. The van der Waals surface area contributed by atoms with Gasteiger partial charge in [0.1, 0.15) is 5.82 Å². The van der Waals surface area contributed by atoms with Crippen LogP contribution in [0.4, 0.5) is 0 Å². The molecule has 4 aromatic rings. The molecule has 4 rings (SSSR count). The Labute approximate surface area is 168 Å². The fourth-order valence-electron chi connectivity index (χ4n) is 2.89. The summed E-state index contributed by atoms with van der Waals surface area (Å²) in [6.07, 6.45) is 0. The van der Waals surface area contributed by atoms with E-state index in [4.69, 9.17) is 16.6 Å². The summed E-state index contributed by atoms with van der Waals surface area (Å²) in [4.78, 5) is 19.5. The first kappa shape index (κ1) is 18.9. The maximum Gasteiger partial charge on any atom is 0.252 e. The maximum atomic E-state index is 11.3. The van der Waals surface area contributed by atoms with Crippen LogP contribution in [0, 0.1) is 0 Å². The fraction of sp³-hybridized carbons (Fsp3) is 0. The van der Waals surface area contributed by atoms with Crippen LogP contribution < -0.4 is 0 Å². The van der Waals surface area contributed by atoms with Gasteiger partial charge < -0.3 is 4.98 Å². The summed E-state index contributed by atoms with van der Waals surface area (Å²) in [5, 5.41) is -0.467. The van der Waals surface area contributed by atoms with Gasteiger partial charge in [-0.15, -0.1) is 12.4 Å². The average Bonchev–Trinajstić information content (AvgIpc) is 3.15. The number of nitrogens with one attached hydrogen (secondary N) is 1. The maximum absolute atomic E-state index is 11.3. The molecule has 3 nitrogen and oxygen atoms in total. The van der Waals surface area contributed by atoms with Crippen LogP contribution in [0.25, 0.3) is 33.9 Å². The summed E-state index contributed by atoms with van der Waals surface area (Å²) < 4.78 is 0. The van der Waals surface area contributed by atoms with Crippen molar-refractivity contribution in [2.45, 2.75) is 0 Å². The molecule has 0 radical (unpaired) electrons. The van der Waals surface area contributed by atoms with Crippen molar-refractivity contribution in [2.24, 2.45) is 0 Å². The third-order valence-corrected chi connectivity index (χ3v) is 4.42. The zero-order valence-electron chi connectivity index (χ0n) is 14.2. The number of hydrogen-bond acceptors (Lipinski definition) is 2. The third kappa shape index (κ3) is 3.95. The highest BCUT2D eigenvalue weighted by atomic mass is 35.5. The van der Waals surface area contributed by atoms with Crippen molar-refractivity contribution in [2.75, 3.05) is 0 Å². The second kappa shape index (κ2) is 8.21. The van der Waals surface area contributed by atoms with E-state index in [0.29, 0.717) is 5.56 Å². The molecule has 0 aliphatic rings. The smallest absolute Gasteiger partial charge is 0.252 e. The summed E-state index contributed by atoms with van der Waals surface area (Å²) in [6, 6.07) is 27.3. The van der Waals surface area contributed by atoms with E-state index in [1.807, 2.05) is 60.7 Å². The molecule has 27 heavy (non-hydrogen) atoms. The van der Waals surface area contributed by atoms with Crippen LogP contribution in [0.2, 0.25) is 0 Å². The first-order chi connectivity index (χ1) is 12.7. The largest absolute Gasteiger partial charge is 0.337 e.